The summed E-state index contributed by atoms with van der Waals surface area (Å²) in [5, 5.41) is 2.89. The van der Waals surface area contributed by atoms with E-state index in [2.05, 4.69) is 22.3 Å². The van der Waals surface area contributed by atoms with Gasteiger partial charge in [-0.1, -0.05) is 18.2 Å². The lowest BCUT2D eigenvalue weighted by atomic mass is 10.1. The van der Waals surface area contributed by atoms with E-state index < -0.39 is 6.10 Å². The van der Waals surface area contributed by atoms with Gasteiger partial charge in [-0.3, -0.25) is 14.5 Å². The predicted molar refractivity (Wildman–Crippen MR) is 123 cm³/mol. The normalized spacial score (nSPS) is 19.4. The van der Waals surface area contributed by atoms with Crippen LogP contribution in [0, 0.1) is 0 Å². The molecule has 0 aliphatic carbocycles. The van der Waals surface area contributed by atoms with Gasteiger partial charge in [-0.05, 0) is 55.2 Å². The van der Waals surface area contributed by atoms with Gasteiger partial charge in [0.2, 0.25) is 0 Å². The summed E-state index contributed by atoms with van der Waals surface area (Å²) in [4.78, 5) is 29.8. The number of rotatable bonds is 6. The number of ether oxygens (including phenoxy) is 2. The number of benzene rings is 2. The van der Waals surface area contributed by atoms with Crippen molar-refractivity contribution >= 4 is 17.5 Å². The lowest BCUT2D eigenvalue weighted by molar-refractivity contribution is -0.124. The van der Waals surface area contributed by atoms with Crippen LogP contribution < -0.4 is 10.1 Å². The highest BCUT2D eigenvalue weighted by Gasteiger charge is 2.24. The number of anilines is 1. The van der Waals surface area contributed by atoms with Gasteiger partial charge in [0.25, 0.3) is 11.8 Å². The third-order valence-corrected chi connectivity index (χ3v) is 6.04. The quantitative estimate of drug-likeness (QED) is 0.752. The molecule has 2 aliphatic heterocycles. The number of amides is 2. The van der Waals surface area contributed by atoms with E-state index in [4.69, 9.17) is 9.47 Å². The molecule has 2 amide bonds. The van der Waals surface area contributed by atoms with Gasteiger partial charge < -0.3 is 19.7 Å². The summed E-state index contributed by atoms with van der Waals surface area (Å²) in [6.07, 6.45) is 2.18. The third kappa shape index (κ3) is 5.66. The molecule has 2 heterocycles. The summed E-state index contributed by atoms with van der Waals surface area (Å²) in [5.74, 6) is 0.719. The number of nitrogens with one attached hydrogen (secondary N) is 1. The Morgan fingerprint density at radius 3 is 2.66 bits per heavy atom. The van der Waals surface area contributed by atoms with Crippen LogP contribution in [0.1, 0.15) is 35.2 Å². The minimum absolute atomic E-state index is 0.00418. The van der Waals surface area contributed by atoms with Crippen molar-refractivity contribution < 1.29 is 19.1 Å². The second-order valence-corrected chi connectivity index (χ2v) is 8.34. The largest absolute Gasteiger partial charge is 0.497 e. The van der Waals surface area contributed by atoms with Gasteiger partial charge in [0.1, 0.15) is 11.9 Å². The van der Waals surface area contributed by atoms with Crippen LogP contribution in [-0.2, 0) is 16.1 Å². The molecule has 0 bridgehead atoms. The minimum atomic E-state index is -0.392. The van der Waals surface area contributed by atoms with Crippen molar-refractivity contribution in [1.82, 2.24) is 9.80 Å². The fourth-order valence-electron chi connectivity index (χ4n) is 4.24. The van der Waals surface area contributed by atoms with Crippen LogP contribution in [0.4, 0.5) is 5.69 Å². The summed E-state index contributed by atoms with van der Waals surface area (Å²) < 4.78 is 10.7. The topological polar surface area (TPSA) is 71.1 Å². The Balaban J connectivity index is 1.33. The maximum absolute atomic E-state index is 13.1. The van der Waals surface area contributed by atoms with E-state index in [1.807, 2.05) is 35.2 Å². The van der Waals surface area contributed by atoms with Crippen molar-refractivity contribution in [2.75, 3.05) is 45.2 Å². The molecule has 1 N–H and O–H groups in total. The van der Waals surface area contributed by atoms with Crippen LogP contribution in [0.3, 0.4) is 0 Å². The van der Waals surface area contributed by atoms with Crippen molar-refractivity contribution in [2.24, 2.45) is 0 Å². The standard InChI is InChI=1S/C25H31N3O4/c1-31-22-10-8-19(9-11-22)18-27-12-4-13-28(15-14-27)25(30)20-5-2-6-21(17-20)26-24(29)23-7-3-16-32-23/h2,5-6,8-11,17,23H,3-4,7,12-16,18H2,1H3,(H,26,29). The van der Waals surface area contributed by atoms with E-state index in [1.165, 1.54) is 5.56 Å². The smallest absolute Gasteiger partial charge is 0.253 e. The van der Waals surface area contributed by atoms with Crippen LogP contribution in [-0.4, -0.2) is 67.6 Å². The number of methoxy groups -OCH3 is 1. The van der Waals surface area contributed by atoms with Crippen molar-refractivity contribution in [3.63, 3.8) is 0 Å². The molecule has 2 aromatic rings. The first-order valence-electron chi connectivity index (χ1n) is 11.3. The Bertz CT molecular complexity index is 925. The average Bonchev–Trinajstić information content (AvgIpc) is 3.27. The second kappa shape index (κ2) is 10.6. The molecule has 170 valence electrons. The zero-order valence-electron chi connectivity index (χ0n) is 18.6. The minimum Gasteiger partial charge on any atom is -0.497 e. The molecular weight excluding hydrogens is 406 g/mol. The van der Waals surface area contributed by atoms with Crippen LogP contribution in [0.15, 0.2) is 48.5 Å². The van der Waals surface area contributed by atoms with Gasteiger partial charge in [0, 0.05) is 50.6 Å². The van der Waals surface area contributed by atoms with Gasteiger partial charge in [-0.15, -0.1) is 0 Å². The molecule has 0 spiro atoms. The number of hydrogen-bond acceptors (Lipinski definition) is 5. The summed E-state index contributed by atoms with van der Waals surface area (Å²) >= 11 is 0. The molecular formula is C25H31N3O4. The zero-order chi connectivity index (χ0) is 22.3. The van der Waals surface area contributed by atoms with Crippen LogP contribution in [0.2, 0.25) is 0 Å². The van der Waals surface area contributed by atoms with Gasteiger partial charge in [-0.2, -0.15) is 0 Å². The molecule has 7 heteroatoms. The highest BCUT2D eigenvalue weighted by molar-refractivity contribution is 5.98. The lowest BCUT2D eigenvalue weighted by Gasteiger charge is -2.22. The Hall–Kier alpha value is -2.90. The molecule has 2 fully saturated rings. The summed E-state index contributed by atoms with van der Waals surface area (Å²) in [5.41, 5.74) is 2.46. The highest BCUT2D eigenvalue weighted by atomic mass is 16.5. The molecule has 0 saturated carbocycles. The maximum Gasteiger partial charge on any atom is 0.253 e. The van der Waals surface area contributed by atoms with Crippen LogP contribution in [0.5, 0.6) is 5.75 Å². The number of carbonyl (C=O) groups is 2. The highest BCUT2D eigenvalue weighted by Crippen LogP contribution is 2.19. The fraction of sp³-hybridized carbons (Fsp3) is 0.440. The Kier molecular flexibility index (Phi) is 7.39. The van der Waals surface area contributed by atoms with Gasteiger partial charge in [0.05, 0.1) is 7.11 Å². The fourth-order valence-corrected chi connectivity index (χ4v) is 4.24. The van der Waals surface area contributed by atoms with Crippen LogP contribution >= 0.6 is 0 Å². The molecule has 2 aromatic carbocycles. The zero-order valence-corrected chi connectivity index (χ0v) is 18.6. The average molecular weight is 438 g/mol. The van der Waals surface area contributed by atoms with E-state index >= 15 is 0 Å². The first-order chi connectivity index (χ1) is 15.6. The summed E-state index contributed by atoms with van der Waals surface area (Å²) in [7, 11) is 1.67. The SMILES string of the molecule is COc1ccc(CN2CCCN(C(=O)c3cccc(NC(=O)C4CCCO4)c3)CC2)cc1. The van der Waals surface area contributed by atoms with E-state index in [0.29, 0.717) is 24.4 Å². The first kappa shape index (κ1) is 22.3. The molecule has 4 rings (SSSR count). The molecule has 7 nitrogen and oxygen atoms in total. The molecule has 2 aliphatic rings. The van der Waals surface area contributed by atoms with E-state index in [9.17, 15) is 9.59 Å². The van der Waals surface area contributed by atoms with Crippen molar-refractivity contribution in [2.45, 2.75) is 31.9 Å². The maximum atomic E-state index is 13.1. The van der Waals surface area contributed by atoms with Gasteiger partial charge in [0.15, 0.2) is 0 Å². The summed E-state index contributed by atoms with van der Waals surface area (Å²) in [6, 6.07) is 15.3. The second-order valence-electron chi connectivity index (χ2n) is 8.34. The number of hydrogen-bond donors (Lipinski definition) is 1. The van der Waals surface area contributed by atoms with E-state index in [-0.39, 0.29) is 11.8 Å². The van der Waals surface area contributed by atoms with Crippen molar-refractivity contribution in [3.05, 3.63) is 59.7 Å². The number of carbonyl (C=O) groups excluding carboxylic acids is 2. The summed E-state index contributed by atoms with van der Waals surface area (Å²) in [6.45, 7) is 4.67. The third-order valence-electron chi connectivity index (χ3n) is 6.04. The van der Waals surface area contributed by atoms with Crippen LogP contribution in [0.25, 0.3) is 0 Å². The Morgan fingerprint density at radius 1 is 1.06 bits per heavy atom. The Labute approximate surface area is 189 Å². The molecule has 0 aromatic heterocycles. The van der Waals surface area contributed by atoms with Gasteiger partial charge >= 0.3 is 0 Å². The van der Waals surface area contributed by atoms with Crippen molar-refractivity contribution in [1.29, 1.82) is 0 Å². The predicted octanol–water partition coefficient (Wildman–Crippen LogP) is 3.16. The van der Waals surface area contributed by atoms with E-state index in [0.717, 1.165) is 51.2 Å². The monoisotopic (exact) mass is 437 g/mol. The molecule has 32 heavy (non-hydrogen) atoms. The Morgan fingerprint density at radius 2 is 1.91 bits per heavy atom. The lowest BCUT2D eigenvalue weighted by Crippen LogP contribution is -2.35. The van der Waals surface area contributed by atoms with Crippen molar-refractivity contribution in [3.8, 4) is 5.75 Å². The first-order valence-corrected chi connectivity index (χ1v) is 11.3. The van der Waals surface area contributed by atoms with Gasteiger partial charge in [-0.25, -0.2) is 0 Å². The number of nitrogens with zero attached hydrogens (tertiary/aromatic N) is 2. The molecule has 1 unspecified atom stereocenters. The molecule has 2 saturated heterocycles. The molecule has 0 radical (unpaired) electrons. The molecule has 1 atom stereocenters. The van der Waals surface area contributed by atoms with E-state index in [1.54, 1.807) is 13.2 Å².